The van der Waals surface area contributed by atoms with Crippen molar-refractivity contribution < 1.29 is 14.7 Å². The molecule has 0 aliphatic heterocycles. The van der Waals surface area contributed by atoms with E-state index >= 15 is 0 Å². The van der Waals surface area contributed by atoms with Gasteiger partial charge in [-0.3, -0.25) is 9.89 Å². The first-order chi connectivity index (χ1) is 8.58. The Morgan fingerprint density at radius 2 is 2.11 bits per heavy atom. The van der Waals surface area contributed by atoms with E-state index in [1.165, 1.54) is 30.6 Å². The van der Waals surface area contributed by atoms with Crippen LogP contribution in [0.5, 0.6) is 0 Å². The van der Waals surface area contributed by atoms with E-state index in [0.717, 1.165) is 0 Å². The fourth-order valence-corrected chi connectivity index (χ4v) is 1.38. The number of benzene rings is 1. The highest BCUT2D eigenvalue weighted by Gasteiger charge is 2.10. The van der Waals surface area contributed by atoms with E-state index < -0.39 is 5.97 Å². The SMILES string of the molecule is Nc1cc(C(=O)O)ccc1NC(=O)c1cn[nH]c1. The maximum Gasteiger partial charge on any atom is 0.335 e. The van der Waals surface area contributed by atoms with Gasteiger partial charge in [-0.1, -0.05) is 0 Å². The summed E-state index contributed by atoms with van der Waals surface area (Å²) >= 11 is 0. The number of aromatic nitrogens is 2. The summed E-state index contributed by atoms with van der Waals surface area (Å²) in [4.78, 5) is 22.4. The molecule has 0 saturated carbocycles. The number of carboxylic acids is 1. The first-order valence-corrected chi connectivity index (χ1v) is 5.01. The zero-order chi connectivity index (χ0) is 13.1. The van der Waals surface area contributed by atoms with Gasteiger partial charge in [0.15, 0.2) is 0 Å². The largest absolute Gasteiger partial charge is 0.478 e. The number of aromatic amines is 1. The summed E-state index contributed by atoms with van der Waals surface area (Å²) in [6, 6.07) is 4.09. The molecule has 0 radical (unpaired) electrons. The van der Waals surface area contributed by atoms with Gasteiger partial charge in [-0.2, -0.15) is 5.10 Å². The van der Waals surface area contributed by atoms with E-state index in [2.05, 4.69) is 15.5 Å². The van der Waals surface area contributed by atoms with Crippen LogP contribution in [0.1, 0.15) is 20.7 Å². The van der Waals surface area contributed by atoms with Gasteiger partial charge in [0, 0.05) is 6.20 Å². The molecule has 0 bridgehead atoms. The van der Waals surface area contributed by atoms with Crippen molar-refractivity contribution in [2.24, 2.45) is 0 Å². The van der Waals surface area contributed by atoms with Gasteiger partial charge in [0.2, 0.25) is 0 Å². The number of rotatable bonds is 3. The average molecular weight is 246 g/mol. The molecule has 0 spiro atoms. The fraction of sp³-hybridized carbons (Fsp3) is 0. The third-order valence-corrected chi connectivity index (χ3v) is 2.31. The number of nitrogens with one attached hydrogen (secondary N) is 2. The van der Waals surface area contributed by atoms with Crippen molar-refractivity contribution in [1.29, 1.82) is 0 Å². The molecule has 1 heterocycles. The number of anilines is 2. The summed E-state index contributed by atoms with van der Waals surface area (Å²) in [5.41, 5.74) is 6.62. The highest BCUT2D eigenvalue weighted by Crippen LogP contribution is 2.20. The van der Waals surface area contributed by atoms with E-state index in [-0.39, 0.29) is 17.2 Å². The minimum absolute atomic E-state index is 0.0637. The summed E-state index contributed by atoms with van der Waals surface area (Å²) in [5.74, 6) is -1.45. The molecule has 0 saturated heterocycles. The van der Waals surface area contributed by atoms with Gasteiger partial charge in [0.1, 0.15) is 0 Å². The quantitative estimate of drug-likeness (QED) is 0.600. The lowest BCUT2D eigenvalue weighted by Crippen LogP contribution is -2.13. The molecule has 1 amide bonds. The predicted octanol–water partition coefficient (Wildman–Crippen LogP) is 0.942. The molecule has 1 aromatic carbocycles. The number of H-pyrrole nitrogens is 1. The minimum atomic E-state index is -1.07. The number of amides is 1. The summed E-state index contributed by atoms with van der Waals surface area (Å²) < 4.78 is 0. The minimum Gasteiger partial charge on any atom is -0.478 e. The normalized spacial score (nSPS) is 10.0. The number of carbonyl (C=O) groups excluding carboxylic acids is 1. The van der Waals surface area contributed by atoms with E-state index in [0.29, 0.717) is 11.3 Å². The smallest absolute Gasteiger partial charge is 0.335 e. The van der Waals surface area contributed by atoms with E-state index in [9.17, 15) is 9.59 Å². The first-order valence-electron chi connectivity index (χ1n) is 5.01. The molecular weight excluding hydrogens is 236 g/mol. The van der Waals surface area contributed by atoms with Crippen LogP contribution in [0.15, 0.2) is 30.6 Å². The van der Waals surface area contributed by atoms with Crippen LogP contribution >= 0.6 is 0 Å². The van der Waals surface area contributed by atoms with Gasteiger partial charge in [0.25, 0.3) is 5.91 Å². The predicted molar refractivity (Wildman–Crippen MR) is 64.4 cm³/mol. The standard InChI is InChI=1S/C11H10N4O3/c12-8-3-6(11(17)18)1-2-9(8)15-10(16)7-4-13-14-5-7/h1-5H,12H2,(H,13,14)(H,15,16)(H,17,18). The van der Waals surface area contributed by atoms with Crippen molar-refractivity contribution in [2.75, 3.05) is 11.1 Å². The lowest BCUT2D eigenvalue weighted by molar-refractivity contribution is 0.0697. The molecular formula is C11H10N4O3. The zero-order valence-corrected chi connectivity index (χ0v) is 9.18. The van der Waals surface area contributed by atoms with E-state index in [1.54, 1.807) is 0 Å². The average Bonchev–Trinajstić information content (AvgIpc) is 2.85. The van der Waals surface area contributed by atoms with Crippen molar-refractivity contribution in [2.45, 2.75) is 0 Å². The molecule has 0 atom stereocenters. The Morgan fingerprint density at radius 3 is 2.67 bits per heavy atom. The number of carbonyl (C=O) groups is 2. The molecule has 18 heavy (non-hydrogen) atoms. The molecule has 2 rings (SSSR count). The maximum atomic E-state index is 11.7. The number of hydrogen-bond donors (Lipinski definition) is 4. The summed E-state index contributed by atoms with van der Waals surface area (Å²) in [5, 5.41) is 17.5. The lowest BCUT2D eigenvalue weighted by atomic mass is 10.1. The molecule has 7 heteroatoms. The summed E-state index contributed by atoms with van der Waals surface area (Å²) in [6.07, 6.45) is 2.81. The highest BCUT2D eigenvalue weighted by molar-refractivity contribution is 6.05. The second-order valence-electron chi connectivity index (χ2n) is 3.55. The van der Waals surface area contributed by atoms with Gasteiger partial charge < -0.3 is 16.2 Å². The molecule has 0 aliphatic rings. The number of nitrogens with two attached hydrogens (primary N) is 1. The van der Waals surface area contributed by atoms with Crippen molar-refractivity contribution in [3.05, 3.63) is 41.7 Å². The Kier molecular flexibility index (Phi) is 2.96. The number of nitrogens with zero attached hydrogens (tertiary/aromatic N) is 1. The Labute approximate surface area is 102 Å². The molecule has 92 valence electrons. The van der Waals surface area contributed by atoms with E-state index in [1.807, 2.05) is 0 Å². The van der Waals surface area contributed by atoms with Gasteiger partial charge in [0.05, 0.1) is 28.7 Å². The van der Waals surface area contributed by atoms with Crippen LogP contribution in [0, 0.1) is 0 Å². The number of carboxylic acid groups (broad SMARTS) is 1. The van der Waals surface area contributed by atoms with E-state index in [4.69, 9.17) is 10.8 Å². The lowest BCUT2D eigenvalue weighted by Gasteiger charge is -2.07. The molecule has 5 N–H and O–H groups in total. The molecule has 2 aromatic rings. The molecule has 7 nitrogen and oxygen atoms in total. The topological polar surface area (TPSA) is 121 Å². The van der Waals surface area contributed by atoms with Gasteiger partial charge in [-0.25, -0.2) is 4.79 Å². The van der Waals surface area contributed by atoms with Crippen LogP contribution in [-0.2, 0) is 0 Å². The molecule has 0 unspecified atom stereocenters. The van der Waals surface area contributed by atoms with Crippen LogP contribution in [-0.4, -0.2) is 27.2 Å². The fourth-order valence-electron chi connectivity index (χ4n) is 1.38. The second kappa shape index (κ2) is 4.58. The number of nitrogen functional groups attached to an aromatic ring is 1. The maximum absolute atomic E-state index is 11.7. The number of hydrogen-bond acceptors (Lipinski definition) is 4. The Morgan fingerprint density at radius 1 is 1.33 bits per heavy atom. The van der Waals surface area contributed by atoms with Crippen LogP contribution in [0.2, 0.25) is 0 Å². The number of aromatic carboxylic acids is 1. The third kappa shape index (κ3) is 2.29. The van der Waals surface area contributed by atoms with Crippen LogP contribution < -0.4 is 11.1 Å². The van der Waals surface area contributed by atoms with Crippen LogP contribution in [0.25, 0.3) is 0 Å². The second-order valence-corrected chi connectivity index (χ2v) is 3.55. The van der Waals surface area contributed by atoms with Gasteiger partial charge >= 0.3 is 5.97 Å². The highest BCUT2D eigenvalue weighted by atomic mass is 16.4. The summed E-state index contributed by atoms with van der Waals surface area (Å²) in [7, 11) is 0. The van der Waals surface area contributed by atoms with Crippen molar-refractivity contribution in [3.8, 4) is 0 Å². The first kappa shape index (κ1) is 11.6. The van der Waals surface area contributed by atoms with Crippen LogP contribution in [0.3, 0.4) is 0 Å². The van der Waals surface area contributed by atoms with Crippen molar-refractivity contribution >= 4 is 23.3 Å². The third-order valence-electron chi connectivity index (χ3n) is 2.31. The molecule has 0 fully saturated rings. The molecule has 1 aromatic heterocycles. The Balaban J connectivity index is 2.20. The van der Waals surface area contributed by atoms with Crippen LogP contribution in [0.4, 0.5) is 11.4 Å². The van der Waals surface area contributed by atoms with Gasteiger partial charge in [-0.05, 0) is 18.2 Å². The van der Waals surface area contributed by atoms with Gasteiger partial charge in [-0.15, -0.1) is 0 Å². The Bertz CT molecular complexity index is 592. The zero-order valence-electron chi connectivity index (χ0n) is 9.18. The Hall–Kier alpha value is -2.83. The van der Waals surface area contributed by atoms with Crippen molar-refractivity contribution in [1.82, 2.24) is 10.2 Å². The molecule has 0 aliphatic carbocycles. The summed E-state index contributed by atoms with van der Waals surface area (Å²) in [6.45, 7) is 0. The monoisotopic (exact) mass is 246 g/mol. The van der Waals surface area contributed by atoms with Crippen molar-refractivity contribution in [3.63, 3.8) is 0 Å².